The molecule has 0 aliphatic carbocycles. The lowest BCUT2D eigenvalue weighted by Crippen LogP contribution is -2.15. The van der Waals surface area contributed by atoms with Crippen LogP contribution in [0.25, 0.3) is 10.1 Å². The van der Waals surface area contributed by atoms with Crippen molar-refractivity contribution in [3.05, 3.63) is 62.5 Å². The molecule has 2 aromatic carbocycles. The number of benzene rings is 2. The lowest BCUT2D eigenvalue weighted by molar-refractivity contribution is -0.385. The summed E-state index contributed by atoms with van der Waals surface area (Å²) in [5, 5.41) is 12.4. The van der Waals surface area contributed by atoms with E-state index >= 15 is 0 Å². The van der Waals surface area contributed by atoms with Gasteiger partial charge in [0.2, 0.25) is 5.78 Å². The second-order valence-electron chi connectivity index (χ2n) is 6.26. The minimum absolute atomic E-state index is 0.139. The minimum atomic E-state index is -0.991. The van der Waals surface area contributed by atoms with E-state index in [0.29, 0.717) is 4.88 Å². The van der Waals surface area contributed by atoms with E-state index in [4.69, 9.17) is 14.2 Å². The first-order chi connectivity index (χ1) is 14.4. The highest BCUT2D eigenvalue weighted by Crippen LogP contribution is 2.35. The fraction of sp³-hybridized carbons (Fsp3) is 0.238. The third kappa shape index (κ3) is 4.11. The molecule has 156 valence electrons. The number of aryl methyl sites for hydroxylation is 1. The molecule has 0 saturated carbocycles. The van der Waals surface area contributed by atoms with Crippen LogP contribution >= 0.6 is 11.3 Å². The summed E-state index contributed by atoms with van der Waals surface area (Å²) < 4.78 is 16.5. The molecule has 1 aromatic heterocycles. The van der Waals surface area contributed by atoms with Crippen LogP contribution < -0.4 is 9.47 Å². The largest absolute Gasteiger partial charge is 0.493 e. The van der Waals surface area contributed by atoms with Gasteiger partial charge in [0.1, 0.15) is 5.56 Å². The van der Waals surface area contributed by atoms with Gasteiger partial charge in [-0.1, -0.05) is 18.2 Å². The Labute approximate surface area is 176 Å². The standard InChI is InChI=1S/C21H19NO7S/c1-4-28-18-10-15(22(25)26)14(9-17(18)27-3)21(24)29-11-16(23)20-12(2)13-7-5-6-8-19(13)30-20/h5-10H,4,11H2,1-3H3. The fourth-order valence-corrected chi connectivity index (χ4v) is 4.14. The summed E-state index contributed by atoms with van der Waals surface area (Å²) >= 11 is 1.32. The van der Waals surface area contributed by atoms with Crippen molar-refractivity contribution in [1.29, 1.82) is 0 Å². The van der Waals surface area contributed by atoms with Crippen molar-refractivity contribution in [2.24, 2.45) is 0 Å². The molecule has 1 heterocycles. The summed E-state index contributed by atoms with van der Waals surface area (Å²) in [5.74, 6) is -1.07. The van der Waals surface area contributed by atoms with Crippen molar-refractivity contribution in [3.8, 4) is 11.5 Å². The Morgan fingerprint density at radius 2 is 1.90 bits per heavy atom. The summed E-state index contributed by atoms with van der Waals surface area (Å²) in [4.78, 5) is 36.3. The molecule has 0 radical (unpaired) electrons. The molecule has 0 aliphatic heterocycles. The Balaban J connectivity index is 1.83. The number of ether oxygens (including phenoxy) is 3. The Hall–Kier alpha value is -3.46. The number of carbonyl (C=O) groups is 2. The highest BCUT2D eigenvalue weighted by molar-refractivity contribution is 7.21. The van der Waals surface area contributed by atoms with E-state index in [9.17, 15) is 19.7 Å². The van der Waals surface area contributed by atoms with E-state index in [1.807, 2.05) is 31.2 Å². The monoisotopic (exact) mass is 429 g/mol. The second kappa shape index (κ2) is 8.91. The van der Waals surface area contributed by atoms with Crippen LogP contribution in [0.5, 0.6) is 11.5 Å². The molecule has 0 N–H and O–H groups in total. The number of nitro benzene ring substituents is 1. The fourth-order valence-electron chi connectivity index (χ4n) is 3.01. The van der Waals surface area contributed by atoms with E-state index in [-0.39, 0.29) is 29.5 Å². The van der Waals surface area contributed by atoms with Gasteiger partial charge in [-0.3, -0.25) is 14.9 Å². The van der Waals surface area contributed by atoms with Gasteiger partial charge < -0.3 is 14.2 Å². The highest BCUT2D eigenvalue weighted by atomic mass is 32.1. The van der Waals surface area contributed by atoms with Crippen molar-refractivity contribution in [2.45, 2.75) is 13.8 Å². The number of hydrogen-bond donors (Lipinski definition) is 0. The van der Waals surface area contributed by atoms with Crippen LogP contribution in [0.2, 0.25) is 0 Å². The van der Waals surface area contributed by atoms with Crippen LogP contribution in [-0.2, 0) is 4.74 Å². The molecule has 0 fully saturated rings. The lowest BCUT2D eigenvalue weighted by Gasteiger charge is -2.11. The van der Waals surface area contributed by atoms with Gasteiger partial charge in [0.25, 0.3) is 5.69 Å². The average Bonchev–Trinajstić information content (AvgIpc) is 3.08. The Morgan fingerprint density at radius 1 is 1.17 bits per heavy atom. The van der Waals surface area contributed by atoms with Gasteiger partial charge >= 0.3 is 5.97 Å². The molecule has 0 spiro atoms. The molecule has 0 bridgehead atoms. The molecule has 0 atom stereocenters. The van der Waals surface area contributed by atoms with Gasteiger partial charge in [0.15, 0.2) is 18.1 Å². The first-order valence-electron chi connectivity index (χ1n) is 9.05. The Kier molecular flexibility index (Phi) is 6.31. The number of Topliss-reactive ketones (excluding diaryl/α,β-unsaturated/α-hetero) is 1. The first-order valence-corrected chi connectivity index (χ1v) is 9.86. The van der Waals surface area contributed by atoms with Gasteiger partial charge in [-0.05, 0) is 30.9 Å². The topological polar surface area (TPSA) is 105 Å². The molecular weight excluding hydrogens is 410 g/mol. The van der Waals surface area contributed by atoms with E-state index in [1.165, 1.54) is 24.5 Å². The van der Waals surface area contributed by atoms with Crippen molar-refractivity contribution in [1.82, 2.24) is 0 Å². The zero-order valence-corrected chi connectivity index (χ0v) is 17.4. The molecule has 9 heteroatoms. The summed E-state index contributed by atoms with van der Waals surface area (Å²) in [6.07, 6.45) is 0. The molecule has 30 heavy (non-hydrogen) atoms. The zero-order chi connectivity index (χ0) is 21.8. The van der Waals surface area contributed by atoms with Crippen LogP contribution in [0.1, 0.15) is 32.5 Å². The Morgan fingerprint density at radius 3 is 2.53 bits per heavy atom. The predicted molar refractivity (Wildman–Crippen MR) is 112 cm³/mol. The normalized spacial score (nSPS) is 10.6. The van der Waals surface area contributed by atoms with Gasteiger partial charge in [0, 0.05) is 10.8 Å². The van der Waals surface area contributed by atoms with Gasteiger partial charge in [-0.2, -0.15) is 0 Å². The number of rotatable bonds is 8. The maximum atomic E-state index is 12.6. The van der Waals surface area contributed by atoms with E-state index < -0.39 is 23.2 Å². The van der Waals surface area contributed by atoms with E-state index in [1.54, 1.807) is 6.92 Å². The average molecular weight is 429 g/mol. The number of methoxy groups -OCH3 is 1. The summed E-state index contributed by atoms with van der Waals surface area (Å²) in [6, 6.07) is 9.88. The predicted octanol–water partition coefficient (Wildman–Crippen LogP) is 4.56. The third-order valence-electron chi connectivity index (χ3n) is 4.43. The van der Waals surface area contributed by atoms with Gasteiger partial charge in [-0.25, -0.2) is 4.79 Å². The molecule has 0 unspecified atom stereocenters. The van der Waals surface area contributed by atoms with Gasteiger partial charge in [0.05, 0.1) is 29.6 Å². The van der Waals surface area contributed by atoms with Crippen LogP contribution in [0.15, 0.2) is 36.4 Å². The molecule has 3 rings (SSSR count). The first kappa shape index (κ1) is 21.3. The highest BCUT2D eigenvalue weighted by Gasteiger charge is 2.27. The molecule has 3 aromatic rings. The SMILES string of the molecule is CCOc1cc([N+](=O)[O-])c(C(=O)OCC(=O)c2sc3ccccc3c2C)cc1OC. The van der Waals surface area contributed by atoms with Crippen molar-refractivity contribution >= 4 is 38.9 Å². The zero-order valence-electron chi connectivity index (χ0n) is 16.6. The minimum Gasteiger partial charge on any atom is -0.493 e. The molecule has 0 aliphatic rings. The maximum Gasteiger partial charge on any atom is 0.345 e. The van der Waals surface area contributed by atoms with Crippen molar-refractivity contribution < 1.29 is 28.7 Å². The molecule has 8 nitrogen and oxygen atoms in total. The van der Waals surface area contributed by atoms with E-state index in [2.05, 4.69) is 0 Å². The number of nitro groups is 1. The van der Waals surface area contributed by atoms with Crippen molar-refractivity contribution in [2.75, 3.05) is 20.3 Å². The quantitative estimate of drug-likeness (QED) is 0.224. The molecule has 0 saturated heterocycles. The number of carbonyl (C=O) groups excluding carboxylic acids is 2. The maximum absolute atomic E-state index is 12.6. The number of ketones is 1. The Bertz CT molecular complexity index is 1140. The third-order valence-corrected chi connectivity index (χ3v) is 5.74. The summed E-state index contributed by atoms with van der Waals surface area (Å²) in [5.41, 5.74) is 0.00118. The molecule has 0 amide bonds. The number of nitrogens with zero attached hydrogens (tertiary/aromatic N) is 1. The second-order valence-corrected chi connectivity index (χ2v) is 7.31. The lowest BCUT2D eigenvalue weighted by atomic mass is 10.1. The number of fused-ring (bicyclic) bond motifs is 1. The smallest absolute Gasteiger partial charge is 0.345 e. The summed E-state index contributed by atoms with van der Waals surface area (Å²) in [7, 11) is 1.35. The number of hydrogen-bond acceptors (Lipinski definition) is 8. The van der Waals surface area contributed by atoms with Crippen LogP contribution in [0.4, 0.5) is 5.69 Å². The van der Waals surface area contributed by atoms with Crippen LogP contribution in [0, 0.1) is 17.0 Å². The number of thiophene rings is 1. The summed E-state index contributed by atoms with van der Waals surface area (Å²) in [6.45, 7) is 3.28. The van der Waals surface area contributed by atoms with Crippen LogP contribution in [0.3, 0.4) is 0 Å². The van der Waals surface area contributed by atoms with E-state index in [0.717, 1.165) is 21.7 Å². The molecular formula is C21H19NO7S. The van der Waals surface area contributed by atoms with Crippen molar-refractivity contribution in [3.63, 3.8) is 0 Å². The number of esters is 1. The van der Waals surface area contributed by atoms with Crippen LogP contribution in [-0.4, -0.2) is 37.0 Å². The van der Waals surface area contributed by atoms with Gasteiger partial charge in [-0.15, -0.1) is 11.3 Å².